The van der Waals surface area contributed by atoms with E-state index in [1.54, 1.807) is 36.4 Å². The van der Waals surface area contributed by atoms with E-state index in [-0.39, 0.29) is 30.2 Å². The number of carbonyl (C=O) groups is 2. The lowest BCUT2D eigenvalue weighted by molar-refractivity contribution is -0.114. The summed E-state index contributed by atoms with van der Waals surface area (Å²) < 4.78 is 10.8. The van der Waals surface area contributed by atoms with Gasteiger partial charge in [0.2, 0.25) is 5.91 Å². The minimum absolute atomic E-state index is 0.00491. The largest absolute Gasteiger partial charge is 0.489 e. The third-order valence-electron chi connectivity index (χ3n) is 3.84. The summed E-state index contributed by atoms with van der Waals surface area (Å²) in [6, 6.07) is 17.6. The fourth-order valence-electron chi connectivity index (χ4n) is 2.61. The maximum atomic E-state index is 12.3. The minimum atomic E-state index is -0.341. The van der Waals surface area contributed by atoms with Gasteiger partial charge in [0, 0.05) is 11.4 Å². The topological polar surface area (TPSA) is 92.6 Å². The van der Waals surface area contributed by atoms with Crippen LogP contribution < -0.4 is 20.7 Å². The van der Waals surface area contributed by atoms with E-state index in [0.29, 0.717) is 22.8 Å². The van der Waals surface area contributed by atoms with Crippen LogP contribution >= 0.6 is 0 Å². The van der Waals surface area contributed by atoms with Crippen LogP contribution in [0.15, 0.2) is 71.3 Å². The fraction of sp³-hybridized carbons (Fsp3) is 0.182. The molecule has 29 heavy (non-hydrogen) atoms. The van der Waals surface area contributed by atoms with Crippen molar-refractivity contribution in [2.24, 2.45) is 0 Å². The summed E-state index contributed by atoms with van der Waals surface area (Å²) in [7, 11) is 0. The SMILES string of the molecule is CC(C)Oc1ccccc1NC(=O)CNc1cccc(NC(=O)c2ccco2)c1. The highest BCUT2D eigenvalue weighted by atomic mass is 16.5. The van der Waals surface area contributed by atoms with Crippen molar-refractivity contribution in [2.45, 2.75) is 20.0 Å². The zero-order valence-corrected chi connectivity index (χ0v) is 16.3. The Bertz CT molecular complexity index is 968. The molecule has 0 atom stereocenters. The number of carbonyl (C=O) groups excluding carboxylic acids is 2. The van der Waals surface area contributed by atoms with Gasteiger partial charge in [0.15, 0.2) is 5.76 Å². The van der Waals surface area contributed by atoms with Crippen molar-refractivity contribution in [2.75, 3.05) is 22.5 Å². The van der Waals surface area contributed by atoms with Gasteiger partial charge in [-0.15, -0.1) is 0 Å². The molecule has 0 fully saturated rings. The van der Waals surface area contributed by atoms with Gasteiger partial charge in [0.05, 0.1) is 24.6 Å². The first-order valence-electron chi connectivity index (χ1n) is 9.25. The molecule has 0 aliphatic carbocycles. The highest BCUT2D eigenvalue weighted by Gasteiger charge is 2.10. The van der Waals surface area contributed by atoms with E-state index in [2.05, 4.69) is 16.0 Å². The molecular formula is C22H23N3O4. The molecule has 7 heteroatoms. The molecule has 150 valence electrons. The van der Waals surface area contributed by atoms with Gasteiger partial charge >= 0.3 is 0 Å². The lowest BCUT2D eigenvalue weighted by Gasteiger charge is -2.15. The van der Waals surface area contributed by atoms with Gasteiger partial charge in [-0.3, -0.25) is 9.59 Å². The summed E-state index contributed by atoms with van der Waals surface area (Å²) in [5.74, 6) is 0.296. The van der Waals surface area contributed by atoms with Gasteiger partial charge in [-0.05, 0) is 56.3 Å². The highest BCUT2D eigenvalue weighted by Crippen LogP contribution is 2.24. The van der Waals surface area contributed by atoms with Crippen molar-refractivity contribution in [1.82, 2.24) is 0 Å². The molecule has 0 spiro atoms. The summed E-state index contributed by atoms with van der Waals surface area (Å²) in [6.07, 6.45) is 1.45. The maximum Gasteiger partial charge on any atom is 0.291 e. The van der Waals surface area contributed by atoms with Crippen molar-refractivity contribution in [3.8, 4) is 5.75 Å². The molecule has 3 N–H and O–H groups in total. The Hall–Kier alpha value is -3.74. The lowest BCUT2D eigenvalue weighted by atomic mass is 10.2. The van der Waals surface area contributed by atoms with Gasteiger partial charge in [-0.1, -0.05) is 18.2 Å². The van der Waals surface area contributed by atoms with Crippen molar-refractivity contribution < 1.29 is 18.7 Å². The van der Waals surface area contributed by atoms with Crippen molar-refractivity contribution in [3.05, 3.63) is 72.7 Å². The van der Waals surface area contributed by atoms with E-state index >= 15 is 0 Å². The van der Waals surface area contributed by atoms with Gasteiger partial charge in [-0.25, -0.2) is 0 Å². The second-order valence-corrected chi connectivity index (χ2v) is 6.58. The van der Waals surface area contributed by atoms with Gasteiger partial charge in [0.25, 0.3) is 5.91 Å². The van der Waals surface area contributed by atoms with Gasteiger partial charge in [0.1, 0.15) is 5.75 Å². The molecule has 0 bridgehead atoms. The number of nitrogens with one attached hydrogen (secondary N) is 3. The van der Waals surface area contributed by atoms with E-state index in [1.807, 2.05) is 38.1 Å². The second kappa shape index (κ2) is 9.45. The zero-order chi connectivity index (χ0) is 20.6. The Morgan fingerprint density at radius 3 is 2.52 bits per heavy atom. The molecule has 0 saturated heterocycles. The first-order chi connectivity index (χ1) is 14.0. The lowest BCUT2D eigenvalue weighted by Crippen LogP contribution is -2.22. The molecule has 0 radical (unpaired) electrons. The second-order valence-electron chi connectivity index (χ2n) is 6.58. The Balaban J connectivity index is 1.56. The number of rotatable bonds is 8. The predicted octanol–water partition coefficient (Wildman–Crippen LogP) is 4.37. The predicted molar refractivity (Wildman–Crippen MR) is 112 cm³/mol. The molecule has 0 saturated carbocycles. The number of hydrogen-bond acceptors (Lipinski definition) is 5. The third-order valence-corrected chi connectivity index (χ3v) is 3.84. The van der Waals surface area contributed by atoms with E-state index in [9.17, 15) is 9.59 Å². The Morgan fingerprint density at radius 2 is 1.76 bits per heavy atom. The smallest absolute Gasteiger partial charge is 0.291 e. The number of benzene rings is 2. The normalized spacial score (nSPS) is 10.4. The average Bonchev–Trinajstić information content (AvgIpc) is 3.23. The number of ether oxygens (including phenoxy) is 1. The molecule has 7 nitrogen and oxygen atoms in total. The summed E-state index contributed by atoms with van der Waals surface area (Å²) in [6.45, 7) is 3.92. The van der Waals surface area contributed by atoms with Crippen LogP contribution in [0, 0.1) is 0 Å². The molecule has 3 aromatic rings. The molecule has 2 amide bonds. The molecule has 1 heterocycles. The Kier molecular flexibility index (Phi) is 6.52. The number of furan rings is 1. The first-order valence-corrected chi connectivity index (χ1v) is 9.25. The van der Waals surface area contributed by atoms with Crippen LogP contribution in [0.5, 0.6) is 5.75 Å². The standard InChI is InChI=1S/C22H23N3O4/c1-15(2)29-19-10-4-3-9-18(19)25-21(26)14-23-16-7-5-8-17(13-16)24-22(27)20-11-6-12-28-20/h3-13,15,23H,14H2,1-2H3,(H,24,27)(H,25,26). The van der Waals surface area contributed by atoms with Crippen LogP contribution in [0.1, 0.15) is 24.4 Å². The van der Waals surface area contributed by atoms with E-state index in [0.717, 1.165) is 0 Å². The molecule has 0 aliphatic rings. The van der Waals surface area contributed by atoms with Crippen LogP contribution in [-0.2, 0) is 4.79 Å². The Morgan fingerprint density at radius 1 is 0.966 bits per heavy atom. The van der Waals surface area contributed by atoms with Crippen molar-refractivity contribution in [3.63, 3.8) is 0 Å². The van der Waals surface area contributed by atoms with Crippen LogP contribution in [0.25, 0.3) is 0 Å². The quantitative estimate of drug-likeness (QED) is 0.528. The van der Waals surface area contributed by atoms with E-state index < -0.39 is 0 Å². The number of para-hydroxylation sites is 2. The summed E-state index contributed by atoms with van der Waals surface area (Å²) in [4.78, 5) is 24.4. The van der Waals surface area contributed by atoms with Crippen molar-refractivity contribution >= 4 is 28.9 Å². The monoisotopic (exact) mass is 393 g/mol. The number of anilines is 3. The molecule has 0 unspecified atom stereocenters. The number of hydrogen-bond donors (Lipinski definition) is 3. The molecule has 1 aromatic heterocycles. The van der Waals surface area contributed by atoms with Crippen LogP contribution in [0.2, 0.25) is 0 Å². The number of amides is 2. The van der Waals surface area contributed by atoms with Gasteiger partial charge < -0.3 is 25.1 Å². The van der Waals surface area contributed by atoms with E-state index in [4.69, 9.17) is 9.15 Å². The zero-order valence-electron chi connectivity index (χ0n) is 16.3. The maximum absolute atomic E-state index is 12.3. The molecular weight excluding hydrogens is 370 g/mol. The van der Waals surface area contributed by atoms with Crippen molar-refractivity contribution in [1.29, 1.82) is 0 Å². The average molecular weight is 393 g/mol. The summed E-state index contributed by atoms with van der Waals surface area (Å²) in [5, 5.41) is 8.64. The fourth-order valence-corrected chi connectivity index (χ4v) is 2.61. The van der Waals surface area contributed by atoms with E-state index in [1.165, 1.54) is 6.26 Å². The third kappa shape index (κ3) is 5.87. The summed E-state index contributed by atoms with van der Waals surface area (Å²) in [5.41, 5.74) is 1.91. The molecule has 0 aliphatic heterocycles. The minimum Gasteiger partial charge on any atom is -0.489 e. The van der Waals surface area contributed by atoms with Gasteiger partial charge in [-0.2, -0.15) is 0 Å². The summed E-state index contributed by atoms with van der Waals surface area (Å²) >= 11 is 0. The van der Waals surface area contributed by atoms with Crippen LogP contribution in [-0.4, -0.2) is 24.5 Å². The van der Waals surface area contributed by atoms with Crippen LogP contribution in [0.3, 0.4) is 0 Å². The first kappa shape index (κ1) is 20.0. The Labute approximate surface area is 169 Å². The highest BCUT2D eigenvalue weighted by molar-refractivity contribution is 6.02. The van der Waals surface area contributed by atoms with Crippen LogP contribution in [0.4, 0.5) is 17.1 Å². The molecule has 3 rings (SSSR count). The molecule has 2 aromatic carbocycles.